The minimum Gasteiger partial charge on any atom is -0.458 e. The van der Waals surface area contributed by atoms with E-state index in [1.807, 2.05) is 20.8 Å². The van der Waals surface area contributed by atoms with Crippen LogP contribution in [0.5, 0.6) is 0 Å². The Labute approximate surface area is 146 Å². The molecule has 2 aliphatic carbocycles. The predicted octanol–water partition coefficient (Wildman–Crippen LogP) is 5.02. The zero-order chi connectivity index (χ0) is 17.0. The number of rotatable bonds is 2. The van der Waals surface area contributed by atoms with Gasteiger partial charge in [-0.15, -0.1) is 0 Å². The number of fused-ring (bicyclic) bond motifs is 1. The summed E-state index contributed by atoms with van der Waals surface area (Å²) in [5.41, 5.74) is -1.08. The van der Waals surface area contributed by atoms with Gasteiger partial charge in [-0.2, -0.15) is 0 Å². The number of hydrogen-bond donors (Lipinski definition) is 0. The average Bonchev–Trinajstić information content (AvgIpc) is 2.97. The zero-order valence-corrected chi connectivity index (χ0v) is 15.7. The van der Waals surface area contributed by atoms with E-state index in [0.717, 1.165) is 25.7 Å². The Kier molecular flexibility index (Phi) is 4.02. The minimum atomic E-state index is -0.640. The summed E-state index contributed by atoms with van der Waals surface area (Å²) in [6, 6.07) is 0. The lowest BCUT2D eigenvalue weighted by Gasteiger charge is -2.42. The Balaban J connectivity index is 1.70. The molecule has 3 heteroatoms. The highest BCUT2D eigenvalue weighted by molar-refractivity contribution is 5.81. The molecule has 136 valence electrons. The van der Waals surface area contributed by atoms with Gasteiger partial charge >= 0.3 is 5.97 Å². The van der Waals surface area contributed by atoms with Crippen LogP contribution in [0.1, 0.15) is 91.4 Å². The van der Waals surface area contributed by atoms with Gasteiger partial charge in [-0.05, 0) is 64.7 Å². The standard InChI is InChI=1S/C21H34O3/c1-19(2,3)23-18(22)21-14-8-13-20(24-21)12-7-11-16(20)17(21)15-9-5-4-6-10-15/h15-17H,4-14H2,1-3H3. The Hall–Kier alpha value is -0.570. The molecule has 2 bridgehead atoms. The van der Waals surface area contributed by atoms with E-state index in [0.29, 0.717) is 17.8 Å². The fourth-order valence-corrected chi connectivity index (χ4v) is 6.54. The molecule has 0 amide bonds. The van der Waals surface area contributed by atoms with Crippen molar-refractivity contribution in [3.05, 3.63) is 0 Å². The molecule has 1 spiro atoms. The molecule has 0 N–H and O–H groups in total. The van der Waals surface area contributed by atoms with E-state index in [1.165, 1.54) is 44.9 Å². The Morgan fingerprint density at radius 1 is 0.958 bits per heavy atom. The summed E-state index contributed by atoms with van der Waals surface area (Å²) in [4.78, 5) is 13.3. The van der Waals surface area contributed by atoms with E-state index in [9.17, 15) is 4.79 Å². The van der Waals surface area contributed by atoms with Crippen LogP contribution in [0, 0.1) is 17.8 Å². The Morgan fingerprint density at radius 3 is 2.38 bits per heavy atom. The van der Waals surface area contributed by atoms with Gasteiger partial charge in [0.2, 0.25) is 0 Å². The van der Waals surface area contributed by atoms with Crippen molar-refractivity contribution in [2.75, 3.05) is 0 Å². The topological polar surface area (TPSA) is 35.5 Å². The molecule has 0 radical (unpaired) electrons. The van der Waals surface area contributed by atoms with Gasteiger partial charge in [0.15, 0.2) is 5.60 Å². The Bertz CT molecular complexity index is 502. The molecule has 2 saturated heterocycles. The fourth-order valence-electron chi connectivity index (χ4n) is 6.54. The molecule has 4 aliphatic rings. The van der Waals surface area contributed by atoms with Crippen molar-refractivity contribution in [2.24, 2.45) is 17.8 Å². The first-order valence-electron chi connectivity index (χ1n) is 10.3. The highest BCUT2D eigenvalue weighted by Crippen LogP contribution is 2.65. The van der Waals surface area contributed by atoms with E-state index >= 15 is 0 Å². The summed E-state index contributed by atoms with van der Waals surface area (Å²) in [5.74, 6) is 1.60. The van der Waals surface area contributed by atoms with Gasteiger partial charge in [0.25, 0.3) is 0 Å². The van der Waals surface area contributed by atoms with Crippen molar-refractivity contribution in [2.45, 2.75) is 108 Å². The highest BCUT2D eigenvalue weighted by Gasteiger charge is 2.70. The van der Waals surface area contributed by atoms with E-state index in [4.69, 9.17) is 9.47 Å². The third kappa shape index (κ3) is 2.53. The molecule has 2 heterocycles. The van der Waals surface area contributed by atoms with Crippen LogP contribution in [0.3, 0.4) is 0 Å². The van der Waals surface area contributed by atoms with Crippen molar-refractivity contribution in [1.82, 2.24) is 0 Å². The van der Waals surface area contributed by atoms with Crippen LogP contribution in [-0.4, -0.2) is 22.8 Å². The van der Waals surface area contributed by atoms with Gasteiger partial charge in [-0.1, -0.05) is 38.5 Å². The van der Waals surface area contributed by atoms with Crippen molar-refractivity contribution >= 4 is 5.97 Å². The molecular formula is C21H34O3. The molecule has 4 rings (SSSR count). The summed E-state index contributed by atoms with van der Waals surface area (Å²) in [7, 11) is 0. The van der Waals surface area contributed by atoms with Crippen LogP contribution in [0.4, 0.5) is 0 Å². The predicted molar refractivity (Wildman–Crippen MR) is 93.6 cm³/mol. The summed E-state index contributed by atoms with van der Waals surface area (Å²) in [5, 5.41) is 0. The first kappa shape index (κ1) is 16.9. The van der Waals surface area contributed by atoms with E-state index in [-0.39, 0.29) is 11.6 Å². The molecule has 4 fully saturated rings. The van der Waals surface area contributed by atoms with Gasteiger partial charge in [-0.25, -0.2) is 4.79 Å². The number of carbonyl (C=O) groups excluding carboxylic acids is 1. The van der Waals surface area contributed by atoms with Gasteiger partial charge in [0.05, 0.1) is 5.60 Å². The second-order valence-corrected chi connectivity index (χ2v) is 9.83. The second kappa shape index (κ2) is 5.72. The van der Waals surface area contributed by atoms with Crippen LogP contribution in [0.25, 0.3) is 0 Å². The van der Waals surface area contributed by atoms with Gasteiger partial charge in [-0.3, -0.25) is 0 Å². The maximum absolute atomic E-state index is 13.3. The molecule has 4 unspecified atom stereocenters. The second-order valence-electron chi connectivity index (χ2n) is 9.83. The SMILES string of the molecule is CC(C)(C)OC(=O)C12CCCC3(CCCC3C1C1CCCCC1)O2. The normalized spacial score (nSPS) is 42.8. The third-order valence-electron chi connectivity index (χ3n) is 7.20. The number of hydrogen-bond acceptors (Lipinski definition) is 3. The molecule has 4 atom stereocenters. The van der Waals surface area contributed by atoms with Gasteiger partial charge in [0.1, 0.15) is 5.60 Å². The first-order chi connectivity index (χ1) is 11.4. The molecule has 0 aromatic rings. The van der Waals surface area contributed by atoms with E-state index in [1.54, 1.807) is 0 Å². The lowest BCUT2D eigenvalue weighted by Crippen LogP contribution is -2.52. The quantitative estimate of drug-likeness (QED) is 0.665. The van der Waals surface area contributed by atoms with Crippen LogP contribution in [0.2, 0.25) is 0 Å². The van der Waals surface area contributed by atoms with Crippen LogP contribution in [0.15, 0.2) is 0 Å². The lowest BCUT2D eigenvalue weighted by atomic mass is 9.66. The average molecular weight is 335 g/mol. The van der Waals surface area contributed by atoms with Gasteiger partial charge in [0, 0.05) is 5.92 Å². The monoisotopic (exact) mass is 334 g/mol. The number of ether oxygens (including phenoxy) is 2. The van der Waals surface area contributed by atoms with Gasteiger partial charge < -0.3 is 9.47 Å². The summed E-state index contributed by atoms with van der Waals surface area (Å²) in [6.07, 6.45) is 13.4. The summed E-state index contributed by atoms with van der Waals surface area (Å²) < 4.78 is 12.7. The molecule has 0 aromatic carbocycles. The van der Waals surface area contributed by atoms with Crippen molar-refractivity contribution in [3.8, 4) is 0 Å². The lowest BCUT2D eigenvalue weighted by molar-refractivity contribution is -0.207. The minimum absolute atomic E-state index is 0.00271. The van der Waals surface area contributed by atoms with Crippen LogP contribution >= 0.6 is 0 Å². The molecular weight excluding hydrogens is 300 g/mol. The molecule has 2 aliphatic heterocycles. The molecule has 2 saturated carbocycles. The smallest absolute Gasteiger partial charge is 0.339 e. The number of esters is 1. The molecule has 0 aromatic heterocycles. The van der Waals surface area contributed by atoms with Crippen LogP contribution < -0.4 is 0 Å². The maximum atomic E-state index is 13.3. The summed E-state index contributed by atoms with van der Waals surface area (Å²) in [6.45, 7) is 5.93. The van der Waals surface area contributed by atoms with Crippen molar-refractivity contribution < 1.29 is 14.3 Å². The molecule has 24 heavy (non-hydrogen) atoms. The Morgan fingerprint density at radius 2 is 1.67 bits per heavy atom. The highest BCUT2D eigenvalue weighted by atomic mass is 16.6. The van der Waals surface area contributed by atoms with Crippen molar-refractivity contribution in [3.63, 3.8) is 0 Å². The number of carbonyl (C=O) groups is 1. The van der Waals surface area contributed by atoms with E-state index in [2.05, 4.69) is 0 Å². The first-order valence-corrected chi connectivity index (χ1v) is 10.3. The van der Waals surface area contributed by atoms with E-state index < -0.39 is 11.2 Å². The zero-order valence-electron chi connectivity index (χ0n) is 15.7. The largest absolute Gasteiger partial charge is 0.458 e. The summed E-state index contributed by atoms with van der Waals surface area (Å²) >= 11 is 0. The molecule has 3 nitrogen and oxygen atoms in total. The third-order valence-corrected chi connectivity index (χ3v) is 7.20. The van der Waals surface area contributed by atoms with Crippen LogP contribution in [-0.2, 0) is 14.3 Å². The fraction of sp³-hybridized carbons (Fsp3) is 0.952. The maximum Gasteiger partial charge on any atom is 0.339 e. The van der Waals surface area contributed by atoms with Crippen molar-refractivity contribution in [1.29, 1.82) is 0 Å².